The van der Waals surface area contributed by atoms with Crippen molar-refractivity contribution < 1.29 is 9.53 Å². The van der Waals surface area contributed by atoms with E-state index in [4.69, 9.17) is 4.74 Å². The highest BCUT2D eigenvalue weighted by Crippen LogP contribution is 2.44. The van der Waals surface area contributed by atoms with Gasteiger partial charge in [-0.1, -0.05) is 32.1 Å². The van der Waals surface area contributed by atoms with Gasteiger partial charge >= 0.3 is 5.97 Å². The maximum Gasteiger partial charge on any atom is 0.334 e. The second-order valence-electron chi connectivity index (χ2n) is 5.37. The molecule has 88 valence electrons. The number of carbonyl (C=O) groups excluding carboxylic acids is 1. The van der Waals surface area contributed by atoms with Gasteiger partial charge in [-0.25, -0.2) is 9.79 Å². The monoisotopic (exact) mass is 221 g/mol. The zero-order valence-electron chi connectivity index (χ0n) is 9.65. The van der Waals surface area contributed by atoms with E-state index < -0.39 is 0 Å². The molecule has 16 heavy (non-hydrogen) atoms. The number of carbonyl (C=O) groups is 1. The lowest BCUT2D eigenvalue weighted by atomic mass is 9.65. The Morgan fingerprint density at radius 3 is 2.50 bits per heavy atom. The van der Waals surface area contributed by atoms with Gasteiger partial charge in [0.2, 0.25) is 0 Å². The third kappa shape index (κ3) is 1.76. The number of ether oxygens (including phenoxy) is 1. The number of cyclic esters (lactones) is 1. The van der Waals surface area contributed by atoms with E-state index in [1.54, 1.807) is 0 Å². The van der Waals surface area contributed by atoms with Crippen LogP contribution < -0.4 is 0 Å². The van der Waals surface area contributed by atoms with Gasteiger partial charge in [-0.05, 0) is 24.7 Å². The normalized spacial score (nSPS) is 35.5. The van der Waals surface area contributed by atoms with E-state index >= 15 is 0 Å². The van der Waals surface area contributed by atoms with Crippen LogP contribution in [0.4, 0.5) is 0 Å². The number of hydrogen-bond acceptors (Lipinski definition) is 3. The van der Waals surface area contributed by atoms with Crippen molar-refractivity contribution in [1.82, 2.24) is 0 Å². The Bertz CT molecular complexity index is 320. The molecule has 0 amide bonds. The van der Waals surface area contributed by atoms with E-state index in [0.29, 0.717) is 5.92 Å². The molecule has 2 atom stereocenters. The lowest BCUT2D eigenvalue weighted by Crippen LogP contribution is -2.35. The number of esters is 1. The molecule has 0 aromatic carbocycles. The molecule has 0 saturated heterocycles. The van der Waals surface area contributed by atoms with Crippen LogP contribution in [0.5, 0.6) is 0 Å². The van der Waals surface area contributed by atoms with Crippen LogP contribution in [0.25, 0.3) is 0 Å². The lowest BCUT2D eigenvalue weighted by Gasteiger charge is -2.40. The Morgan fingerprint density at radius 1 is 1.06 bits per heavy atom. The Kier molecular flexibility index (Phi) is 2.70. The molecule has 2 saturated carbocycles. The van der Waals surface area contributed by atoms with Crippen molar-refractivity contribution in [3.8, 4) is 0 Å². The van der Waals surface area contributed by atoms with Crippen LogP contribution in [0.3, 0.4) is 0 Å². The molecular formula is C13H19NO2. The van der Waals surface area contributed by atoms with Crippen molar-refractivity contribution in [2.24, 2.45) is 22.7 Å². The molecule has 1 aliphatic heterocycles. The van der Waals surface area contributed by atoms with Crippen molar-refractivity contribution in [2.45, 2.75) is 44.9 Å². The first-order valence-electron chi connectivity index (χ1n) is 6.59. The molecule has 3 nitrogen and oxygen atoms in total. The van der Waals surface area contributed by atoms with Gasteiger partial charge in [-0.2, -0.15) is 0 Å². The average molecular weight is 221 g/mol. The van der Waals surface area contributed by atoms with Crippen LogP contribution in [0.2, 0.25) is 0 Å². The SMILES string of the molecule is O=C1CN=C(C2CCCCC2C2CCC2)O1. The smallest absolute Gasteiger partial charge is 0.334 e. The predicted octanol–water partition coefficient (Wildman–Crippen LogP) is 2.55. The van der Waals surface area contributed by atoms with Crippen LogP contribution in [-0.4, -0.2) is 18.4 Å². The minimum atomic E-state index is -0.159. The molecule has 3 aliphatic rings. The molecule has 0 aromatic rings. The fourth-order valence-corrected chi connectivity index (χ4v) is 3.41. The fourth-order valence-electron chi connectivity index (χ4n) is 3.41. The summed E-state index contributed by atoms with van der Waals surface area (Å²) in [6.45, 7) is 0.253. The van der Waals surface area contributed by atoms with Crippen LogP contribution in [0.1, 0.15) is 44.9 Å². The molecule has 3 heteroatoms. The molecule has 2 fully saturated rings. The highest BCUT2D eigenvalue weighted by molar-refractivity contribution is 5.96. The number of aliphatic imine (C=N–C) groups is 1. The Balaban J connectivity index is 1.72. The first kappa shape index (κ1) is 10.3. The summed E-state index contributed by atoms with van der Waals surface area (Å²) in [5, 5.41) is 0. The predicted molar refractivity (Wildman–Crippen MR) is 61.2 cm³/mol. The van der Waals surface area contributed by atoms with Crippen LogP contribution >= 0.6 is 0 Å². The quantitative estimate of drug-likeness (QED) is 0.672. The third-order valence-corrected chi connectivity index (χ3v) is 4.47. The summed E-state index contributed by atoms with van der Waals surface area (Å²) in [6, 6.07) is 0. The van der Waals surface area contributed by atoms with Crippen molar-refractivity contribution in [2.75, 3.05) is 6.54 Å². The zero-order chi connectivity index (χ0) is 11.0. The largest absolute Gasteiger partial charge is 0.410 e. The van der Waals surface area contributed by atoms with Crippen molar-refractivity contribution in [3.63, 3.8) is 0 Å². The van der Waals surface area contributed by atoms with Gasteiger partial charge in [0.05, 0.1) is 0 Å². The van der Waals surface area contributed by atoms with Gasteiger partial charge in [0, 0.05) is 5.92 Å². The second-order valence-corrected chi connectivity index (χ2v) is 5.37. The molecular weight excluding hydrogens is 202 g/mol. The van der Waals surface area contributed by atoms with Crippen molar-refractivity contribution in [3.05, 3.63) is 0 Å². The first-order chi connectivity index (χ1) is 7.84. The van der Waals surface area contributed by atoms with Gasteiger partial charge in [-0.3, -0.25) is 0 Å². The van der Waals surface area contributed by atoms with E-state index in [-0.39, 0.29) is 12.5 Å². The zero-order valence-corrected chi connectivity index (χ0v) is 9.65. The second kappa shape index (κ2) is 4.19. The van der Waals surface area contributed by atoms with Gasteiger partial charge < -0.3 is 4.74 Å². The molecule has 0 aromatic heterocycles. The Hall–Kier alpha value is -0.860. The summed E-state index contributed by atoms with van der Waals surface area (Å²) >= 11 is 0. The van der Waals surface area contributed by atoms with Crippen LogP contribution in [0.15, 0.2) is 4.99 Å². The van der Waals surface area contributed by atoms with E-state index in [2.05, 4.69) is 4.99 Å². The molecule has 0 radical (unpaired) electrons. The Morgan fingerprint density at radius 2 is 1.88 bits per heavy atom. The summed E-state index contributed by atoms with van der Waals surface area (Å²) in [5.41, 5.74) is 0. The fraction of sp³-hybridized carbons (Fsp3) is 0.846. The molecule has 0 spiro atoms. The van der Waals surface area contributed by atoms with Crippen molar-refractivity contribution in [1.29, 1.82) is 0 Å². The van der Waals surface area contributed by atoms with Crippen LogP contribution in [0, 0.1) is 17.8 Å². The van der Waals surface area contributed by atoms with E-state index in [9.17, 15) is 4.79 Å². The molecule has 2 aliphatic carbocycles. The van der Waals surface area contributed by atoms with E-state index in [0.717, 1.165) is 17.7 Å². The molecule has 3 rings (SSSR count). The number of rotatable bonds is 2. The first-order valence-corrected chi connectivity index (χ1v) is 6.59. The summed E-state index contributed by atoms with van der Waals surface area (Å²) in [4.78, 5) is 15.4. The topological polar surface area (TPSA) is 38.7 Å². The third-order valence-electron chi connectivity index (χ3n) is 4.47. The average Bonchev–Trinajstić information content (AvgIpc) is 2.63. The summed E-state index contributed by atoms with van der Waals surface area (Å²) in [5.74, 6) is 2.68. The summed E-state index contributed by atoms with van der Waals surface area (Å²) < 4.78 is 5.26. The maximum atomic E-state index is 11.1. The number of hydrogen-bond donors (Lipinski definition) is 0. The Labute approximate surface area is 96.3 Å². The molecule has 0 N–H and O–H groups in total. The standard InChI is InChI=1S/C13H19NO2/c15-12-8-14-13(16-12)11-7-2-1-6-10(11)9-4-3-5-9/h9-11H,1-8H2. The minimum Gasteiger partial charge on any atom is -0.410 e. The maximum absolute atomic E-state index is 11.1. The number of nitrogens with zero attached hydrogens (tertiary/aromatic N) is 1. The molecule has 2 unspecified atom stereocenters. The molecule has 0 bridgehead atoms. The molecule has 1 heterocycles. The van der Waals surface area contributed by atoms with Gasteiger partial charge in [0.25, 0.3) is 0 Å². The van der Waals surface area contributed by atoms with Gasteiger partial charge in [-0.15, -0.1) is 0 Å². The lowest BCUT2D eigenvalue weighted by molar-refractivity contribution is -0.132. The van der Waals surface area contributed by atoms with Gasteiger partial charge in [0.1, 0.15) is 6.54 Å². The van der Waals surface area contributed by atoms with Crippen LogP contribution in [-0.2, 0) is 9.53 Å². The van der Waals surface area contributed by atoms with Gasteiger partial charge in [0.15, 0.2) is 5.90 Å². The summed E-state index contributed by atoms with van der Waals surface area (Å²) in [6.07, 6.45) is 9.24. The van der Waals surface area contributed by atoms with E-state index in [1.165, 1.54) is 44.9 Å². The van der Waals surface area contributed by atoms with Crippen molar-refractivity contribution >= 4 is 11.9 Å². The van der Waals surface area contributed by atoms with E-state index in [1.807, 2.05) is 0 Å². The summed E-state index contributed by atoms with van der Waals surface area (Å²) in [7, 11) is 0. The highest BCUT2D eigenvalue weighted by Gasteiger charge is 2.39. The minimum absolute atomic E-state index is 0.159. The highest BCUT2D eigenvalue weighted by atomic mass is 16.6.